The number of carbonyl (C=O) groups is 1. The van der Waals surface area contributed by atoms with Crippen LogP contribution in [0.5, 0.6) is 0 Å². The number of rotatable bonds is 4. The lowest BCUT2D eigenvalue weighted by atomic mass is 10.1. The minimum Gasteiger partial charge on any atom is -0.466 e. The van der Waals surface area contributed by atoms with Crippen LogP contribution in [-0.2, 0) is 16.0 Å². The molecule has 0 aliphatic carbocycles. The Morgan fingerprint density at radius 1 is 1.50 bits per heavy atom. The molecule has 84 valence electrons. The van der Waals surface area contributed by atoms with E-state index >= 15 is 0 Å². The van der Waals surface area contributed by atoms with Gasteiger partial charge in [0.15, 0.2) is 0 Å². The first-order valence-corrected chi connectivity index (χ1v) is 4.62. The summed E-state index contributed by atoms with van der Waals surface area (Å²) in [6, 6.07) is 6.40. The van der Waals surface area contributed by atoms with E-state index in [2.05, 4.69) is 4.74 Å². The van der Waals surface area contributed by atoms with Gasteiger partial charge in [-0.25, -0.2) is 4.79 Å². The maximum absolute atomic E-state index is 10.8. The molecule has 0 saturated carbocycles. The second-order valence-corrected chi connectivity index (χ2v) is 3.02. The van der Waals surface area contributed by atoms with Gasteiger partial charge in [-0.2, -0.15) is 0 Å². The Morgan fingerprint density at radius 2 is 2.19 bits per heavy atom. The van der Waals surface area contributed by atoms with E-state index in [0.717, 1.165) is 0 Å². The standard InChI is InChI=1S/C11H11NO4/c1-16-11(13)8-4-6-9-5-2-3-7-10(9)12(14)15/h2-5,7-8H,6H2,1H3. The maximum Gasteiger partial charge on any atom is 0.330 e. The molecule has 0 bridgehead atoms. The number of carbonyl (C=O) groups excluding carboxylic acids is 1. The highest BCUT2D eigenvalue weighted by atomic mass is 16.6. The molecule has 1 rings (SSSR count). The van der Waals surface area contributed by atoms with E-state index in [4.69, 9.17) is 0 Å². The average molecular weight is 221 g/mol. The molecule has 0 radical (unpaired) electrons. The van der Waals surface area contributed by atoms with Crippen LogP contribution >= 0.6 is 0 Å². The first kappa shape index (κ1) is 11.9. The molecule has 0 fully saturated rings. The topological polar surface area (TPSA) is 69.4 Å². The van der Waals surface area contributed by atoms with Crippen LogP contribution in [0.1, 0.15) is 5.56 Å². The molecule has 0 aliphatic heterocycles. The first-order chi connectivity index (χ1) is 7.65. The number of methoxy groups -OCH3 is 1. The Kier molecular flexibility index (Phi) is 4.20. The molecule has 1 aromatic carbocycles. The molecule has 0 unspecified atom stereocenters. The van der Waals surface area contributed by atoms with Crippen LogP contribution in [0.3, 0.4) is 0 Å². The van der Waals surface area contributed by atoms with Gasteiger partial charge in [-0.3, -0.25) is 10.1 Å². The van der Waals surface area contributed by atoms with Gasteiger partial charge in [0.2, 0.25) is 0 Å². The highest BCUT2D eigenvalue weighted by Gasteiger charge is 2.10. The molecular formula is C11H11NO4. The van der Waals surface area contributed by atoms with Crippen molar-refractivity contribution in [3.63, 3.8) is 0 Å². The molecular weight excluding hydrogens is 210 g/mol. The van der Waals surface area contributed by atoms with Gasteiger partial charge < -0.3 is 4.74 Å². The normalized spacial score (nSPS) is 10.3. The number of esters is 1. The van der Waals surface area contributed by atoms with Crippen LogP contribution in [-0.4, -0.2) is 18.0 Å². The van der Waals surface area contributed by atoms with Crippen LogP contribution < -0.4 is 0 Å². The van der Waals surface area contributed by atoms with Crippen molar-refractivity contribution in [2.24, 2.45) is 0 Å². The fraction of sp³-hybridized carbons (Fsp3) is 0.182. The Balaban J connectivity index is 2.77. The van der Waals surface area contributed by atoms with Gasteiger partial charge in [-0.05, 0) is 6.42 Å². The summed E-state index contributed by atoms with van der Waals surface area (Å²) in [4.78, 5) is 21.0. The summed E-state index contributed by atoms with van der Waals surface area (Å²) in [5, 5.41) is 10.7. The van der Waals surface area contributed by atoms with E-state index in [-0.39, 0.29) is 5.69 Å². The fourth-order valence-electron chi connectivity index (χ4n) is 1.21. The SMILES string of the molecule is COC(=O)C=CCc1ccccc1[N+](=O)[O-]. The molecule has 0 heterocycles. The number of nitro benzene ring substituents is 1. The molecule has 0 spiro atoms. The summed E-state index contributed by atoms with van der Waals surface area (Å²) in [5.74, 6) is -0.474. The van der Waals surface area contributed by atoms with Crippen LogP contribution in [0.25, 0.3) is 0 Å². The van der Waals surface area contributed by atoms with E-state index < -0.39 is 10.9 Å². The zero-order valence-corrected chi connectivity index (χ0v) is 8.75. The summed E-state index contributed by atoms with van der Waals surface area (Å²) in [6.07, 6.45) is 3.11. The number of nitro groups is 1. The Hall–Kier alpha value is -2.17. The zero-order valence-electron chi connectivity index (χ0n) is 8.75. The number of ether oxygens (including phenoxy) is 1. The fourth-order valence-corrected chi connectivity index (χ4v) is 1.21. The van der Waals surface area contributed by atoms with E-state index in [1.807, 2.05) is 0 Å². The zero-order chi connectivity index (χ0) is 12.0. The van der Waals surface area contributed by atoms with Crippen molar-refractivity contribution in [2.75, 3.05) is 7.11 Å². The average Bonchev–Trinajstić information content (AvgIpc) is 2.29. The van der Waals surface area contributed by atoms with Crippen LogP contribution in [0.15, 0.2) is 36.4 Å². The van der Waals surface area contributed by atoms with Crippen molar-refractivity contribution in [1.82, 2.24) is 0 Å². The molecule has 0 N–H and O–H groups in total. The second kappa shape index (κ2) is 5.65. The lowest BCUT2D eigenvalue weighted by molar-refractivity contribution is -0.385. The summed E-state index contributed by atoms with van der Waals surface area (Å²) in [6.45, 7) is 0. The third kappa shape index (κ3) is 3.20. The minimum atomic E-state index is -0.474. The van der Waals surface area contributed by atoms with Crippen LogP contribution in [0.4, 0.5) is 5.69 Å². The first-order valence-electron chi connectivity index (χ1n) is 4.62. The monoisotopic (exact) mass is 221 g/mol. The molecule has 0 aromatic heterocycles. The predicted molar refractivity (Wildman–Crippen MR) is 58.0 cm³/mol. The van der Waals surface area contributed by atoms with Crippen LogP contribution in [0, 0.1) is 10.1 Å². The summed E-state index contributed by atoms with van der Waals surface area (Å²) < 4.78 is 4.41. The second-order valence-electron chi connectivity index (χ2n) is 3.02. The Morgan fingerprint density at radius 3 is 2.81 bits per heavy atom. The number of allylic oxidation sites excluding steroid dienone is 1. The molecule has 0 saturated heterocycles. The van der Waals surface area contributed by atoms with Gasteiger partial charge in [0.1, 0.15) is 0 Å². The molecule has 0 aliphatic rings. The number of benzene rings is 1. The lowest BCUT2D eigenvalue weighted by Gasteiger charge is -1.98. The lowest BCUT2D eigenvalue weighted by Crippen LogP contribution is -1.96. The molecule has 16 heavy (non-hydrogen) atoms. The highest BCUT2D eigenvalue weighted by molar-refractivity contribution is 5.81. The van der Waals surface area contributed by atoms with Crippen molar-refractivity contribution in [2.45, 2.75) is 6.42 Å². The largest absolute Gasteiger partial charge is 0.466 e. The van der Waals surface area contributed by atoms with Gasteiger partial charge in [-0.1, -0.05) is 24.3 Å². The molecule has 5 heteroatoms. The van der Waals surface area contributed by atoms with Crippen molar-refractivity contribution < 1.29 is 14.5 Å². The summed E-state index contributed by atoms with van der Waals surface area (Å²) in [5.41, 5.74) is 0.615. The van der Waals surface area contributed by atoms with Gasteiger partial charge >= 0.3 is 5.97 Å². The van der Waals surface area contributed by atoms with Gasteiger partial charge in [0.05, 0.1) is 12.0 Å². The molecule has 0 amide bonds. The maximum atomic E-state index is 10.8. The number of para-hydroxylation sites is 1. The number of hydrogen-bond acceptors (Lipinski definition) is 4. The third-order valence-electron chi connectivity index (χ3n) is 1.98. The van der Waals surface area contributed by atoms with Crippen molar-refractivity contribution in [3.8, 4) is 0 Å². The van der Waals surface area contributed by atoms with E-state index in [0.29, 0.717) is 12.0 Å². The predicted octanol–water partition coefficient (Wildman–Crippen LogP) is 1.87. The Bertz CT molecular complexity index is 426. The van der Waals surface area contributed by atoms with E-state index in [1.54, 1.807) is 18.2 Å². The van der Waals surface area contributed by atoms with Gasteiger partial charge in [-0.15, -0.1) is 0 Å². The molecule has 1 aromatic rings. The van der Waals surface area contributed by atoms with Crippen LogP contribution in [0.2, 0.25) is 0 Å². The smallest absolute Gasteiger partial charge is 0.330 e. The number of nitrogens with zero attached hydrogens (tertiary/aromatic N) is 1. The van der Waals surface area contributed by atoms with Gasteiger partial charge in [0, 0.05) is 17.7 Å². The Labute approximate surface area is 92.5 Å². The summed E-state index contributed by atoms with van der Waals surface area (Å²) in [7, 11) is 1.28. The van der Waals surface area contributed by atoms with Crippen molar-refractivity contribution in [3.05, 3.63) is 52.1 Å². The molecule has 0 atom stereocenters. The molecule has 5 nitrogen and oxygen atoms in total. The van der Waals surface area contributed by atoms with Crippen molar-refractivity contribution in [1.29, 1.82) is 0 Å². The highest BCUT2D eigenvalue weighted by Crippen LogP contribution is 2.18. The third-order valence-corrected chi connectivity index (χ3v) is 1.98. The van der Waals surface area contributed by atoms with Crippen molar-refractivity contribution >= 4 is 11.7 Å². The van der Waals surface area contributed by atoms with E-state index in [9.17, 15) is 14.9 Å². The number of hydrogen-bond donors (Lipinski definition) is 0. The van der Waals surface area contributed by atoms with E-state index in [1.165, 1.54) is 25.3 Å². The van der Waals surface area contributed by atoms with Gasteiger partial charge in [0.25, 0.3) is 5.69 Å². The minimum absolute atomic E-state index is 0.0528. The quantitative estimate of drug-likeness (QED) is 0.337. The summed E-state index contributed by atoms with van der Waals surface area (Å²) >= 11 is 0.